The van der Waals surface area contributed by atoms with Crippen LogP contribution in [-0.2, 0) is 0 Å². The van der Waals surface area contributed by atoms with Crippen molar-refractivity contribution in [1.82, 2.24) is 0 Å². The molecule has 0 N–H and O–H groups in total. The Labute approximate surface area is 179 Å². The molecule has 0 aliphatic heterocycles. The molecule has 2 aliphatic rings. The first-order valence-corrected chi connectivity index (χ1v) is 11.1. The molecule has 176 valence electrons. The summed E-state index contributed by atoms with van der Waals surface area (Å²) in [6.45, 7) is 8.49. The number of ether oxygens (including phenoxy) is 1. The lowest BCUT2D eigenvalue weighted by molar-refractivity contribution is -0.0262. The molecule has 2 aliphatic carbocycles. The Morgan fingerprint density at radius 2 is 1.40 bits per heavy atom. The minimum Gasteiger partial charge on any atom is -0.458 e. The van der Waals surface area contributed by atoms with Crippen LogP contribution in [0.15, 0.2) is 12.1 Å². The van der Waals surface area contributed by atoms with Crippen molar-refractivity contribution in [2.45, 2.75) is 91.8 Å². The molecule has 1 aromatic carbocycles. The van der Waals surface area contributed by atoms with Crippen molar-refractivity contribution in [2.24, 2.45) is 17.8 Å². The fourth-order valence-electron chi connectivity index (χ4n) is 4.21. The largest absolute Gasteiger partial charge is 0.458 e. The molecule has 3 unspecified atom stereocenters. The van der Waals surface area contributed by atoms with Crippen molar-refractivity contribution in [2.75, 3.05) is 7.18 Å². The molecule has 1 nitrogen and oxygen atoms in total. The summed E-state index contributed by atoms with van der Waals surface area (Å²) >= 11 is 0. The third kappa shape index (κ3) is 10.1. The van der Waals surface area contributed by atoms with Gasteiger partial charge in [-0.25, -0.2) is 13.2 Å². The van der Waals surface area contributed by atoms with Gasteiger partial charge < -0.3 is 4.74 Å². The molecule has 0 heterocycles. The highest BCUT2D eigenvalue weighted by Crippen LogP contribution is 2.43. The van der Waals surface area contributed by atoms with E-state index in [0.717, 1.165) is 31.6 Å². The van der Waals surface area contributed by atoms with Crippen molar-refractivity contribution < 1.29 is 26.7 Å². The number of hydrogen-bond acceptors (Lipinski definition) is 1. The van der Waals surface area contributed by atoms with Crippen LogP contribution in [0, 0.1) is 35.2 Å². The molecule has 3 rings (SSSR count). The molecule has 1 aromatic rings. The Morgan fingerprint density at radius 1 is 0.900 bits per heavy atom. The van der Waals surface area contributed by atoms with Crippen LogP contribution in [0.3, 0.4) is 0 Å². The highest BCUT2D eigenvalue weighted by Gasteiger charge is 2.31. The standard InChI is InChI=1S/C12H22.C9H8F4O.C2H6.CH3F/c1-2-10-7-8-11-5-3-4-6-12(11)9-10;1-9(2,13)14-5-3-6(10)8(12)7(11)4-5;2*1-2/h10-12H,2-9H2,1H3;3-4H,1-2H3;1-2H3;1H3. The molecular weight excluding hydrogens is 399 g/mol. The van der Waals surface area contributed by atoms with Gasteiger partial charge in [0.05, 0.1) is 7.18 Å². The van der Waals surface area contributed by atoms with Gasteiger partial charge in [0.15, 0.2) is 17.5 Å². The maximum absolute atomic E-state index is 12.9. The van der Waals surface area contributed by atoms with Gasteiger partial charge in [-0.1, -0.05) is 59.3 Å². The first-order chi connectivity index (χ1) is 14.2. The zero-order chi connectivity index (χ0) is 23.3. The first-order valence-electron chi connectivity index (χ1n) is 11.1. The van der Waals surface area contributed by atoms with Gasteiger partial charge in [-0.05, 0) is 30.6 Å². The van der Waals surface area contributed by atoms with Crippen LogP contribution in [0.2, 0.25) is 0 Å². The molecule has 0 saturated heterocycles. The third-order valence-electron chi connectivity index (χ3n) is 5.54. The lowest BCUT2D eigenvalue weighted by Crippen LogP contribution is -2.27. The van der Waals surface area contributed by atoms with Crippen LogP contribution in [0.1, 0.15) is 86.0 Å². The second-order valence-electron chi connectivity index (χ2n) is 8.06. The Bertz CT molecular complexity index is 562. The van der Waals surface area contributed by atoms with E-state index in [0.29, 0.717) is 19.3 Å². The van der Waals surface area contributed by atoms with Gasteiger partial charge in [-0.2, -0.15) is 4.39 Å². The summed E-state index contributed by atoms with van der Waals surface area (Å²) in [5.74, 6) is -3.53. The summed E-state index contributed by atoms with van der Waals surface area (Å²) in [5, 5.41) is 0. The Hall–Kier alpha value is -1.33. The Kier molecular flexibility index (Phi) is 14.0. The van der Waals surface area contributed by atoms with E-state index in [1.165, 1.54) is 25.7 Å². The topological polar surface area (TPSA) is 9.23 Å². The van der Waals surface area contributed by atoms with Gasteiger partial charge in [0.25, 0.3) is 0 Å². The van der Waals surface area contributed by atoms with Crippen molar-refractivity contribution >= 4 is 0 Å². The van der Waals surface area contributed by atoms with Crippen LogP contribution in [0.25, 0.3) is 0 Å². The quantitative estimate of drug-likeness (QED) is 0.338. The van der Waals surface area contributed by atoms with Crippen molar-refractivity contribution in [3.8, 4) is 5.75 Å². The van der Waals surface area contributed by atoms with Gasteiger partial charge in [0.2, 0.25) is 5.85 Å². The summed E-state index contributed by atoms with van der Waals surface area (Å²) in [6, 6.07) is 1.17. The van der Waals surface area contributed by atoms with E-state index in [-0.39, 0.29) is 0 Å². The summed E-state index contributed by atoms with van der Waals surface area (Å²) in [5.41, 5.74) is 0. The highest BCUT2D eigenvalue weighted by molar-refractivity contribution is 5.25. The van der Waals surface area contributed by atoms with Crippen LogP contribution in [0.4, 0.5) is 22.0 Å². The van der Waals surface area contributed by atoms with E-state index < -0.39 is 29.1 Å². The monoisotopic (exact) mass is 438 g/mol. The number of fused-ring (bicyclic) bond motifs is 1. The normalized spacial score (nSPS) is 22.7. The fraction of sp³-hybridized carbons (Fsp3) is 0.750. The number of hydrogen-bond donors (Lipinski definition) is 0. The molecule has 30 heavy (non-hydrogen) atoms. The SMILES string of the molecule is CC.CC(C)(F)Oc1cc(F)c(F)c(F)c1.CCC1CCC2CCCCC2C1.CF. The molecule has 0 bridgehead atoms. The Balaban J connectivity index is 0.000000484. The second kappa shape index (κ2) is 14.6. The third-order valence-corrected chi connectivity index (χ3v) is 5.54. The van der Waals surface area contributed by atoms with E-state index in [2.05, 4.69) is 11.7 Å². The van der Waals surface area contributed by atoms with Gasteiger partial charge in [-0.15, -0.1) is 0 Å². The summed E-state index contributed by atoms with van der Waals surface area (Å²) in [6.07, 6.45) is 12.3. The Morgan fingerprint density at radius 3 is 1.87 bits per heavy atom. The average molecular weight is 439 g/mol. The van der Waals surface area contributed by atoms with Crippen molar-refractivity contribution in [1.29, 1.82) is 0 Å². The summed E-state index contributed by atoms with van der Waals surface area (Å²) in [7, 11) is 0.500. The summed E-state index contributed by atoms with van der Waals surface area (Å²) < 4.78 is 64.5. The predicted molar refractivity (Wildman–Crippen MR) is 114 cm³/mol. The lowest BCUT2D eigenvalue weighted by Gasteiger charge is -2.39. The van der Waals surface area contributed by atoms with Crippen LogP contribution in [-0.4, -0.2) is 13.0 Å². The first kappa shape index (κ1) is 28.7. The minimum absolute atomic E-state index is 0.395. The average Bonchev–Trinajstić information content (AvgIpc) is 2.74. The van der Waals surface area contributed by atoms with Crippen LogP contribution in [0.5, 0.6) is 5.75 Å². The number of halogens is 5. The number of benzene rings is 1. The van der Waals surface area contributed by atoms with Gasteiger partial charge in [0, 0.05) is 26.0 Å². The molecule has 6 heteroatoms. The molecule has 0 spiro atoms. The molecular formula is C24H39F5O. The van der Waals surface area contributed by atoms with Crippen LogP contribution >= 0.6 is 0 Å². The maximum atomic E-state index is 12.9. The van der Waals surface area contributed by atoms with Gasteiger partial charge in [0.1, 0.15) is 5.75 Å². The smallest absolute Gasteiger partial charge is 0.242 e. The van der Waals surface area contributed by atoms with Gasteiger partial charge in [-0.3, -0.25) is 4.39 Å². The zero-order valence-electron chi connectivity index (χ0n) is 19.3. The van der Waals surface area contributed by atoms with E-state index >= 15 is 0 Å². The summed E-state index contributed by atoms with van der Waals surface area (Å²) in [4.78, 5) is 0. The lowest BCUT2D eigenvalue weighted by atomic mass is 9.67. The zero-order valence-corrected chi connectivity index (χ0v) is 19.3. The maximum Gasteiger partial charge on any atom is 0.242 e. The highest BCUT2D eigenvalue weighted by atomic mass is 19.2. The molecule has 0 radical (unpaired) electrons. The molecule has 2 saturated carbocycles. The fourth-order valence-corrected chi connectivity index (χ4v) is 4.21. The van der Waals surface area contributed by atoms with E-state index in [1.807, 2.05) is 13.8 Å². The number of rotatable bonds is 3. The molecule has 2 fully saturated rings. The van der Waals surface area contributed by atoms with Crippen LogP contribution < -0.4 is 4.74 Å². The van der Waals surface area contributed by atoms with Crippen molar-refractivity contribution in [3.63, 3.8) is 0 Å². The van der Waals surface area contributed by atoms with E-state index in [1.54, 1.807) is 25.7 Å². The van der Waals surface area contributed by atoms with Gasteiger partial charge >= 0.3 is 0 Å². The number of alkyl halides is 2. The second-order valence-corrected chi connectivity index (χ2v) is 8.06. The molecule has 0 aromatic heterocycles. The van der Waals surface area contributed by atoms with E-state index in [4.69, 9.17) is 0 Å². The van der Waals surface area contributed by atoms with Crippen molar-refractivity contribution in [3.05, 3.63) is 29.6 Å². The molecule has 0 amide bonds. The molecule has 3 atom stereocenters. The minimum atomic E-state index is -2.07. The predicted octanol–water partition coefficient (Wildman–Crippen LogP) is 8.80. The van der Waals surface area contributed by atoms with E-state index in [9.17, 15) is 22.0 Å².